The summed E-state index contributed by atoms with van der Waals surface area (Å²) in [5.74, 6) is 0.970. The Balaban J connectivity index is 2.13. The molecular weight excluding hydrogens is 220 g/mol. The minimum absolute atomic E-state index is 0.140. The minimum Gasteiger partial charge on any atom is -0.472 e. The molecule has 0 amide bonds. The molecule has 0 saturated carbocycles. The van der Waals surface area contributed by atoms with Crippen molar-refractivity contribution in [3.63, 3.8) is 0 Å². The highest BCUT2D eigenvalue weighted by atomic mass is 16.3. The highest BCUT2D eigenvalue weighted by Crippen LogP contribution is 2.16. The van der Waals surface area contributed by atoms with Crippen LogP contribution in [0.25, 0.3) is 17.3 Å². The van der Waals surface area contributed by atoms with Crippen molar-refractivity contribution in [2.45, 2.75) is 0 Å². The van der Waals surface area contributed by atoms with Crippen LogP contribution in [0.2, 0.25) is 0 Å². The molecular formula is C10H8N6O. The fourth-order valence-electron chi connectivity index (χ4n) is 1.39. The van der Waals surface area contributed by atoms with Crippen LogP contribution in [-0.4, -0.2) is 24.7 Å². The number of nitrogen functional groups attached to an aromatic ring is 1. The zero-order valence-electron chi connectivity index (χ0n) is 8.69. The smallest absolute Gasteiger partial charge is 0.255 e. The van der Waals surface area contributed by atoms with Crippen molar-refractivity contribution in [2.75, 3.05) is 5.73 Å². The van der Waals surface area contributed by atoms with Crippen molar-refractivity contribution in [1.29, 1.82) is 0 Å². The molecule has 0 bridgehead atoms. The van der Waals surface area contributed by atoms with Crippen LogP contribution in [0.1, 0.15) is 0 Å². The van der Waals surface area contributed by atoms with E-state index < -0.39 is 0 Å². The van der Waals surface area contributed by atoms with Gasteiger partial charge in [-0.15, -0.1) is 0 Å². The van der Waals surface area contributed by atoms with Crippen LogP contribution in [0, 0.1) is 0 Å². The Kier molecular flexibility index (Phi) is 2.08. The zero-order valence-corrected chi connectivity index (χ0v) is 8.69. The van der Waals surface area contributed by atoms with Crippen LogP contribution >= 0.6 is 0 Å². The molecule has 0 fully saturated rings. The third kappa shape index (κ3) is 1.73. The molecule has 0 aliphatic heterocycles. The van der Waals surface area contributed by atoms with Crippen molar-refractivity contribution in [2.24, 2.45) is 0 Å². The quantitative estimate of drug-likeness (QED) is 0.700. The van der Waals surface area contributed by atoms with Crippen LogP contribution in [0.5, 0.6) is 0 Å². The lowest BCUT2D eigenvalue weighted by Crippen LogP contribution is -2.07. The van der Waals surface area contributed by atoms with Gasteiger partial charge in [-0.1, -0.05) is 0 Å². The van der Waals surface area contributed by atoms with Crippen molar-refractivity contribution in [3.05, 3.63) is 37.1 Å². The average Bonchev–Trinajstić information content (AvgIpc) is 3.02. The first kappa shape index (κ1) is 9.52. The first-order valence-corrected chi connectivity index (χ1v) is 4.87. The normalized spacial score (nSPS) is 10.6. The van der Waals surface area contributed by atoms with E-state index in [2.05, 4.69) is 20.1 Å². The van der Waals surface area contributed by atoms with Gasteiger partial charge in [0.05, 0.1) is 11.8 Å². The fraction of sp³-hybridized carbons (Fsp3) is 0. The largest absolute Gasteiger partial charge is 0.472 e. The fourth-order valence-corrected chi connectivity index (χ4v) is 1.39. The van der Waals surface area contributed by atoms with Gasteiger partial charge in [0.15, 0.2) is 5.82 Å². The van der Waals surface area contributed by atoms with Gasteiger partial charge in [0, 0.05) is 12.4 Å². The number of nitrogens with two attached hydrogens (primary N) is 1. The molecule has 84 valence electrons. The molecule has 0 radical (unpaired) electrons. The molecule has 3 aromatic rings. The lowest BCUT2D eigenvalue weighted by atomic mass is 10.3. The molecule has 17 heavy (non-hydrogen) atoms. The van der Waals surface area contributed by atoms with Crippen molar-refractivity contribution < 1.29 is 4.42 Å². The molecule has 3 rings (SSSR count). The maximum Gasteiger partial charge on any atom is 0.255 e. The summed E-state index contributed by atoms with van der Waals surface area (Å²) in [7, 11) is 0. The molecule has 3 heterocycles. The van der Waals surface area contributed by atoms with Gasteiger partial charge in [0.25, 0.3) is 5.95 Å². The third-order valence-corrected chi connectivity index (χ3v) is 2.13. The zero-order chi connectivity index (χ0) is 11.7. The lowest BCUT2D eigenvalue weighted by Gasteiger charge is -2.02. The Labute approximate surface area is 95.9 Å². The van der Waals surface area contributed by atoms with Crippen molar-refractivity contribution in [1.82, 2.24) is 24.7 Å². The van der Waals surface area contributed by atoms with E-state index in [1.165, 1.54) is 4.68 Å². The first-order valence-electron chi connectivity index (χ1n) is 4.87. The molecule has 3 aromatic heterocycles. The average molecular weight is 228 g/mol. The number of aromatic nitrogens is 5. The number of furan rings is 1. The summed E-state index contributed by atoms with van der Waals surface area (Å²) in [6.07, 6.45) is 6.45. The monoisotopic (exact) mass is 228 g/mol. The second-order valence-corrected chi connectivity index (χ2v) is 3.28. The molecule has 0 aliphatic carbocycles. The summed E-state index contributed by atoms with van der Waals surface area (Å²) in [5.41, 5.74) is 6.38. The lowest BCUT2D eigenvalue weighted by molar-refractivity contribution is 0.568. The number of rotatable bonds is 2. The van der Waals surface area contributed by atoms with Crippen LogP contribution in [0.4, 0.5) is 5.95 Å². The molecule has 0 aromatic carbocycles. The molecule has 0 spiro atoms. The number of nitrogens with zero attached hydrogens (tertiary/aromatic N) is 5. The summed E-state index contributed by atoms with van der Waals surface area (Å²) in [5, 5.41) is 4.03. The van der Waals surface area contributed by atoms with E-state index in [9.17, 15) is 0 Å². The highest BCUT2D eigenvalue weighted by molar-refractivity contribution is 5.54. The summed E-state index contributed by atoms with van der Waals surface area (Å²) in [4.78, 5) is 12.3. The van der Waals surface area contributed by atoms with E-state index in [0.29, 0.717) is 11.8 Å². The predicted octanol–water partition coefficient (Wildman–Crippen LogP) is 0.899. The van der Waals surface area contributed by atoms with Gasteiger partial charge in [-0.25, -0.2) is 4.68 Å². The maximum atomic E-state index is 5.64. The second-order valence-electron chi connectivity index (χ2n) is 3.28. The van der Waals surface area contributed by atoms with Crippen LogP contribution in [-0.2, 0) is 0 Å². The Morgan fingerprint density at radius 3 is 2.88 bits per heavy atom. The van der Waals surface area contributed by atoms with Gasteiger partial charge < -0.3 is 10.2 Å². The van der Waals surface area contributed by atoms with E-state index in [4.69, 9.17) is 10.2 Å². The van der Waals surface area contributed by atoms with Crippen LogP contribution < -0.4 is 5.73 Å². The summed E-state index contributed by atoms with van der Waals surface area (Å²) in [6.45, 7) is 0. The molecule has 0 aliphatic rings. The SMILES string of the molecule is Nc1nc(-c2ccoc2)nc(-n2cccn2)n1. The number of anilines is 1. The topological polar surface area (TPSA) is 95.7 Å². The van der Waals surface area contributed by atoms with Gasteiger partial charge in [-0.3, -0.25) is 0 Å². The second kappa shape index (κ2) is 3.71. The van der Waals surface area contributed by atoms with Crippen LogP contribution in [0.3, 0.4) is 0 Å². The van der Waals surface area contributed by atoms with Gasteiger partial charge >= 0.3 is 0 Å². The Hall–Kier alpha value is -2.70. The number of hydrogen-bond donors (Lipinski definition) is 1. The van der Waals surface area contributed by atoms with Gasteiger partial charge in [-0.2, -0.15) is 20.1 Å². The summed E-state index contributed by atoms with van der Waals surface area (Å²) in [6, 6.07) is 3.53. The van der Waals surface area contributed by atoms with Gasteiger partial charge in [0.2, 0.25) is 5.95 Å². The molecule has 0 saturated heterocycles. The van der Waals surface area contributed by atoms with E-state index >= 15 is 0 Å². The third-order valence-electron chi connectivity index (χ3n) is 2.13. The van der Waals surface area contributed by atoms with Gasteiger partial charge in [-0.05, 0) is 12.1 Å². The molecule has 2 N–H and O–H groups in total. The molecule has 0 atom stereocenters. The maximum absolute atomic E-state index is 5.64. The van der Waals surface area contributed by atoms with E-state index in [1.807, 2.05) is 0 Å². The van der Waals surface area contributed by atoms with E-state index in [-0.39, 0.29) is 5.95 Å². The number of hydrogen-bond acceptors (Lipinski definition) is 6. The summed E-state index contributed by atoms with van der Waals surface area (Å²) >= 11 is 0. The van der Waals surface area contributed by atoms with Crippen molar-refractivity contribution in [3.8, 4) is 17.3 Å². The highest BCUT2D eigenvalue weighted by Gasteiger charge is 2.09. The Morgan fingerprint density at radius 2 is 2.18 bits per heavy atom. The minimum atomic E-state index is 0.140. The standard InChI is InChI=1S/C10H8N6O/c11-9-13-8(7-2-5-17-6-7)14-10(15-9)16-4-1-3-12-16/h1-6H,(H2,11,13,14,15). The summed E-state index contributed by atoms with van der Waals surface area (Å²) < 4.78 is 6.49. The van der Waals surface area contributed by atoms with Gasteiger partial charge in [0.1, 0.15) is 6.26 Å². The molecule has 7 heteroatoms. The molecule has 7 nitrogen and oxygen atoms in total. The van der Waals surface area contributed by atoms with E-state index in [0.717, 1.165) is 5.56 Å². The first-order chi connectivity index (χ1) is 8.33. The predicted molar refractivity (Wildman–Crippen MR) is 59.1 cm³/mol. The Morgan fingerprint density at radius 1 is 1.24 bits per heavy atom. The van der Waals surface area contributed by atoms with Crippen molar-refractivity contribution >= 4 is 5.95 Å². The van der Waals surface area contributed by atoms with Crippen LogP contribution in [0.15, 0.2) is 41.5 Å². The van der Waals surface area contributed by atoms with E-state index in [1.54, 1.807) is 37.1 Å². The molecule has 0 unspecified atom stereocenters. The Bertz CT molecular complexity index is 564.